The number of hydrogen-bond donors (Lipinski definition) is 0. The van der Waals surface area contributed by atoms with Crippen LogP contribution in [-0.4, -0.2) is 24.5 Å². The first kappa shape index (κ1) is 31.1. The van der Waals surface area contributed by atoms with Crippen molar-refractivity contribution >= 4 is 54.5 Å². The molecule has 0 saturated heterocycles. The number of nitrogens with zero attached hydrogens (tertiary/aromatic N) is 5. The largest absolute Gasteiger partial charge is 0.292 e. The molecule has 5 nitrogen and oxygen atoms in total. The Morgan fingerprint density at radius 2 is 0.982 bits per heavy atom. The minimum Gasteiger partial charge on any atom is -0.292 e. The molecule has 55 heavy (non-hydrogen) atoms. The fourth-order valence-corrected chi connectivity index (χ4v) is 7.83. The van der Waals surface area contributed by atoms with Crippen LogP contribution in [0.2, 0.25) is 0 Å². The second kappa shape index (κ2) is 12.6. The minimum absolute atomic E-state index is 0.814. The highest BCUT2D eigenvalue weighted by Gasteiger charge is 2.17. The molecule has 0 amide bonds. The van der Waals surface area contributed by atoms with E-state index in [-0.39, 0.29) is 0 Å². The second-order valence-electron chi connectivity index (χ2n) is 13.9. The molecular formula is C50H31N5. The standard InChI is InChI=1S/C50H31N5/c1-3-11-32(12-4-1)41-30-38-24-27-44(43-26-23-37-29-35-13-7-8-14-36(35)31-46(37)51-43)53-48(38)49-40(41)25-28-42(52-49)33-19-21-34(22-20-33)50-54-45-17-9-10-18-47(45)55(50)39-15-5-2-6-16-39/h1-31H. The first-order valence-corrected chi connectivity index (χ1v) is 18.5. The van der Waals surface area contributed by atoms with Gasteiger partial charge in [-0.2, -0.15) is 0 Å². The van der Waals surface area contributed by atoms with E-state index in [9.17, 15) is 0 Å². The highest BCUT2D eigenvalue weighted by Crippen LogP contribution is 2.37. The molecule has 7 aromatic carbocycles. The molecule has 11 rings (SSSR count). The lowest BCUT2D eigenvalue weighted by atomic mass is 9.96. The molecular weight excluding hydrogens is 671 g/mol. The molecule has 4 aromatic heterocycles. The van der Waals surface area contributed by atoms with Crippen LogP contribution >= 0.6 is 0 Å². The van der Waals surface area contributed by atoms with E-state index in [1.807, 2.05) is 12.1 Å². The molecule has 0 aliphatic heterocycles. The summed E-state index contributed by atoms with van der Waals surface area (Å²) < 4.78 is 2.23. The number of fused-ring (bicyclic) bond motifs is 6. The Labute approximate surface area is 316 Å². The van der Waals surface area contributed by atoms with Crippen LogP contribution in [0.3, 0.4) is 0 Å². The van der Waals surface area contributed by atoms with E-state index in [1.165, 1.54) is 10.8 Å². The van der Waals surface area contributed by atoms with Crippen molar-refractivity contribution in [2.45, 2.75) is 0 Å². The topological polar surface area (TPSA) is 56.5 Å². The molecule has 4 heterocycles. The number of pyridine rings is 3. The minimum atomic E-state index is 0.814. The molecule has 0 N–H and O–H groups in total. The van der Waals surface area contributed by atoms with E-state index in [1.54, 1.807) is 0 Å². The molecule has 0 spiro atoms. The second-order valence-corrected chi connectivity index (χ2v) is 13.9. The van der Waals surface area contributed by atoms with Gasteiger partial charge < -0.3 is 0 Å². The zero-order chi connectivity index (χ0) is 36.3. The molecule has 0 fully saturated rings. The summed E-state index contributed by atoms with van der Waals surface area (Å²) in [4.78, 5) is 20.8. The summed E-state index contributed by atoms with van der Waals surface area (Å²) >= 11 is 0. The quantitative estimate of drug-likeness (QED) is 0.132. The van der Waals surface area contributed by atoms with Crippen LogP contribution in [0.4, 0.5) is 0 Å². The molecule has 11 aromatic rings. The Hall–Kier alpha value is -7.50. The zero-order valence-corrected chi connectivity index (χ0v) is 29.6. The molecule has 0 aliphatic carbocycles. The van der Waals surface area contributed by atoms with Crippen molar-refractivity contribution in [1.29, 1.82) is 0 Å². The first-order valence-electron chi connectivity index (χ1n) is 18.5. The van der Waals surface area contributed by atoms with Crippen LogP contribution in [0.1, 0.15) is 0 Å². The Balaban J connectivity index is 1.05. The van der Waals surface area contributed by atoms with Crippen LogP contribution in [0.25, 0.3) is 105 Å². The molecule has 0 unspecified atom stereocenters. The number of rotatable bonds is 5. The van der Waals surface area contributed by atoms with Crippen molar-refractivity contribution in [2.24, 2.45) is 0 Å². The van der Waals surface area contributed by atoms with Gasteiger partial charge in [-0.05, 0) is 88.6 Å². The zero-order valence-electron chi connectivity index (χ0n) is 29.6. The van der Waals surface area contributed by atoms with Gasteiger partial charge in [-0.3, -0.25) is 4.57 Å². The number of hydrogen-bond acceptors (Lipinski definition) is 4. The Bertz CT molecular complexity index is 3240. The lowest BCUT2D eigenvalue weighted by Gasteiger charge is -2.13. The summed E-state index contributed by atoms with van der Waals surface area (Å²) in [5.74, 6) is 0.899. The summed E-state index contributed by atoms with van der Waals surface area (Å²) in [6.45, 7) is 0. The third kappa shape index (κ3) is 5.33. The van der Waals surface area contributed by atoms with Gasteiger partial charge in [0.1, 0.15) is 5.82 Å². The van der Waals surface area contributed by atoms with E-state index in [0.717, 1.165) is 94.6 Å². The number of aromatic nitrogens is 5. The van der Waals surface area contributed by atoms with Crippen LogP contribution < -0.4 is 0 Å². The monoisotopic (exact) mass is 701 g/mol. The van der Waals surface area contributed by atoms with Gasteiger partial charge in [0.2, 0.25) is 0 Å². The maximum Gasteiger partial charge on any atom is 0.145 e. The van der Waals surface area contributed by atoms with E-state index >= 15 is 0 Å². The summed E-state index contributed by atoms with van der Waals surface area (Å²) in [6.07, 6.45) is 0. The third-order valence-corrected chi connectivity index (χ3v) is 10.6. The smallest absolute Gasteiger partial charge is 0.145 e. The number of imidazole rings is 1. The SMILES string of the molecule is c1ccc(-c2cc3ccc(-c4ccc5cc6ccccc6cc5n4)nc3c3nc(-c4ccc(-c5nc6ccccc6n5-c5ccccc5)cc4)ccc23)cc1. The van der Waals surface area contributed by atoms with Crippen molar-refractivity contribution in [2.75, 3.05) is 0 Å². The highest BCUT2D eigenvalue weighted by atomic mass is 15.1. The van der Waals surface area contributed by atoms with Crippen molar-refractivity contribution in [3.05, 3.63) is 188 Å². The van der Waals surface area contributed by atoms with E-state index in [2.05, 4.69) is 180 Å². The molecule has 5 heteroatoms. The number of benzene rings is 7. The first-order chi connectivity index (χ1) is 27.2. The van der Waals surface area contributed by atoms with Crippen molar-refractivity contribution < 1.29 is 0 Å². The van der Waals surface area contributed by atoms with Gasteiger partial charge in [-0.15, -0.1) is 0 Å². The molecule has 256 valence electrons. The van der Waals surface area contributed by atoms with E-state index in [4.69, 9.17) is 19.9 Å². The highest BCUT2D eigenvalue weighted by molar-refractivity contribution is 6.11. The van der Waals surface area contributed by atoms with Gasteiger partial charge in [-0.1, -0.05) is 121 Å². The van der Waals surface area contributed by atoms with Gasteiger partial charge in [0.15, 0.2) is 0 Å². The predicted molar refractivity (Wildman–Crippen MR) is 226 cm³/mol. The van der Waals surface area contributed by atoms with Crippen molar-refractivity contribution in [3.63, 3.8) is 0 Å². The van der Waals surface area contributed by atoms with E-state index in [0.29, 0.717) is 0 Å². The molecule has 0 saturated carbocycles. The predicted octanol–water partition coefficient (Wildman–Crippen LogP) is 12.5. The fraction of sp³-hybridized carbons (Fsp3) is 0. The molecule has 0 bridgehead atoms. The Kier molecular flexibility index (Phi) is 7.10. The molecule has 0 atom stereocenters. The lowest BCUT2D eigenvalue weighted by Crippen LogP contribution is -1.97. The van der Waals surface area contributed by atoms with E-state index < -0.39 is 0 Å². The van der Waals surface area contributed by atoms with Gasteiger partial charge >= 0.3 is 0 Å². The summed E-state index contributed by atoms with van der Waals surface area (Å²) in [5, 5.41) is 5.57. The van der Waals surface area contributed by atoms with Gasteiger partial charge in [0.05, 0.1) is 44.7 Å². The van der Waals surface area contributed by atoms with Crippen LogP contribution in [0, 0.1) is 0 Å². The van der Waals surface area contributed by atoms with Crippen LogP contribution in [0.5, 0.6) is 0 Å². The van der Waals surface area contributed by atoms with Gasteiger partial charge in [0.25, 0.3) is 0 Å². The van der Waals surface area contributed by atoms with Gasteiger partial charge in [0, 0.05) is 33.0 Å². The molecule has 0 aliphatic rings. The third-order valence-electron chi connectivity index (χ3n) is 10.6. The maximum atomic E-state index is 5.38. The van der Waals surface area contributed by atoms with Crippen LogP contribution in [-0.2, 0) is 0 Å². The van der Waals surface area contributed by atoms with Crippen molar-refractivity contribution in [3.8, 4) is 50.8 Å². The maximum absolute atomic E-state index is 5.38. The average Bonchev–Trinajstić information content (AvgIpc) is 3.65. The average molecular weight is 702 g/mol. The molecule has 0 radical (unpaired) electrons. The summed E-state index contributed by atoms with van der Waals surface area (Å²) in [7, 11) is 0. The van der Waals surface area contributed by atoms with Crippen LogP contribution in [0.15, 0.2) is 188 Å². The summed E-state index contributed by atoms with van der Waals surface area (Å²) in [5.41, 5.74) is 12.6. The normalized spacial score (nSPS) is 11.6. The van der Waals surface area contributed by atoms with Gasteiger partial charge in [-0.25, -0.2) is 19.9 Å². The summed E-state index contributed by atoms with van der Waals surface area (Å²) in [6, 6.07) is 65.5. The number of para-hydroxylation sites is 3. The lowest BCUT2D eigenvalue weighted by molar-refractivity contribution is 1.10. The Morgan fingerprint density at radius 3 is 1.80 bits per heavy atom. The fourth-order valence-electron chi connectivity index (χ4n) is 7.83. The Morgan fingerprint density at radius 1 is 0.345 bits per heavy atom. The van der Waals surface area contributed by atoms with Crippen molar-refractivity contribution in [1.82, 2.24) is 24.5 Å².